The molecule has 1 saturated carbocycles. The Morgan fingerprint density at radius 2 is 1.02 bits per heavy atom. The van der Waals surface area contributed by atoms with Crippen LogP contribution in [0.5, 0.6) is 11.6 Å². The second-order valence-electron chi connectivity index (χ2n) is 27.9. The first-order valence-corrected chi connectivity index (χ1v) is 38.0. The molecule has 2 aliphatic rings. The predicted octanol–water partition coefficient (Wildman–Crippen LogP) is 12.9. The summed E-state index contributed by atoms with van der Waals surface area (Å²) in [7, 11) is 5.65. The molecule has 2 fully saturated rings. The number of carbonyl (C=O) groups excluding carboxylic acids is 1. The quantitative estimate of drug-likeness (QED) is 0.0393. The van der Waals surface area contributed by atoms with E-state index in [-0.39, 0.29) is 54.6 Å². The highest BCUT2D eigenvalue weighted by atomic mass is 19.1. The van der Waals surface area contributed by atoms with Gasteiger partial charge in [-0.1, -0.05) is 84.9 Å². The van der Waals surface area contributed by atoms with Crippen LogP contribution < -0.4 is 42.6 Å². The third-order valence-electron chi connectivity index (χ3n) is 19.4. The SMILES string of the molecule is COc1ccc(NC(=O)c2cc(OCCCN(C)C)nn2Cc2ccccc2)cc1.Nc1nc(-c2nn(Cc3ccccc3F)c3ncccc23)nc(N)c1N1CCOCC1.Nc1nc(-c2nn(Cc3ccccc3F)c3ncccc23)ncc1-c1ccncc1.Nc1nc(-c2nn(Cc3ccccc3F)c3ncccc23)ncc1C1CC1. The maximum atomic E-state index is 14.2. The van der Waals surface area contributed by atoms with Crippen molar-refractivity contribution >= 4 is 73.7 Å². The van der Waals surface area contributed by atoms with Gasteiger partial charge in [-0.3, -0.25) is 14.5 Å². The van der Waals surface area contributed by atoms with Gasteiger partial charge >= 0.3 is 0 Å². The average Bonchev–Trinajstić information content (AvgIpc) is 1.35. The van der Waals surface area contributed by atoms with Crippen molar-refractivity contribution in [2.45, 2.75) is 51.4 Å². The number of hydrogen-bond donors (Lipinski definition) is 5. The van der Waals surface area contributed by atoms with Gasteiger partial charge in [0, 0.05) is 103 Å². The number of methoxy groups -OCH3 is 1. The van der Waals surface area contributed by atoms with Gasteiger partial charge in [0.15, 0.2) is 46.1 Å². The van der Waals surface area contributed by atoms with E-state index in [2.05, 4.69) is 80.5 Å². The fourth-order valence-corrected chi connectivity index (χ4v) is 13.4. The molecule has 0 atom stereocenters. The topological polar surface area (TPSA) is 368 Å². The highest BCUT2D eigenvalue weighted by Gasteiger charge is 2.29. The Bertz CT molecular complexity index is 6150. The Morgan fingerprint density at radius 1 is 0.525 bits per heavy atom. The number of amides is 1. The Hall–Kier alpha value is -14.7. The molecule has 16 aromatic rings. The minimum Gasteiger partial charge on any atom is -0.497 e. The molecule has 1 amide bonds. The maximum Gasteiger partial charge on any atom is 0.274 e. The fraction of sp³-hybridized carbons (Fsp3) is 0.198. The molecule has 596 valence electrons. The molecule has 11 aromatic heterocycles. The van der Waals surface area contributed by atoms with Crippen LogP contribution in [0.2, 0.25) is 0 Å². The van der Waals surface area contributed by atoms with E-state index in [4.69, 9.17) is 37.1 Å². The number of nitrogens with one attached hydrogen (secondary N) is 1. The van der Waals surface area contributed by atoms with Gasteiger partial charge in [-0.15, -0.1) is 5.10 Å². The molecular formula is C86H82F3N25O4. The van der Waals surface area contributed by atoms with Crippen LogP contribution in [0.25, 0.3) is 78.8 Å². The number of fused-ring (bicyclic) bond motifs is 3. The van der Waals surface area contributed by atoms with Crippen LogP contribution >= 0.6 is 0 Å². The summed E-state index contributed by atoms with van der Waals surface area (Å²) in [4.78, 5) is 61.3. The first kappa shape index (κ1) is 78.6. The van der Waals surface area contributed by atoms with E-state index in [1.54, 1.807) is 160 Å². The lowest BCUT2D eigenvalue weighted by molar-refractivity contribution is 0.101. The van der Waals surface area contributed by atoms with Crippen LogP contribution in [-0.2, 0) is 30.9 Å². The first-order valence-electron chi connectivity index (χ1n) is 38.0. The molecule has 9 N–H and O–H groups in total. The summed E-state index contributed by atoms with van der Waals surface area (Å²) in [5, 5.41) is 23.6. The van der Waals surface area contributed by atoms with Crippen molar-refractivity contribution in [3.8, 4) is 57.3 Å². The molecule has 1 aliphatic heterocycles. The number of pyridine rings is 4. The number of benzene rings is 5. The molecule has 118 heavy (non-hydrogen) atoms. The fourth-order valence-electron chi connectivity index (χ4n) is 13.4. The van der Waals surface area contributed by atoms with Crippen molar-refractivity contribution in [1.82, 2.24) is 93.9 Å². The number of nitrogens with zero attached hydrogens (tertiary/aromatic N) is 20. The third kappa shape index (κ3) is 18.4. The molecule has 29 nitrogen and oxygen atoms in total. The standard InChI is InChI=1S/C23H28N4O3.C22H16FN7.C21H21FN8O.C20H17FN6/c1-26(2)14-7-15-30-22-16-21(27(25-22)17-18-8-5-4-6-9-18)23(28)24-19-10-12-20(29-3)13-11-19;23-18-6-2-1-4-15(18)13-30-22-16(5-3-9-26-22)19(29-30)21-27-12-17(20(24)28-21)14-7-10-25-11-8-14;22-15-6-2-1-4-13(15)12-30-21-14(5-3-7-25-21)16(28-30)20-26-18(23)17(19(24)27-20)29-8-10-31-11-9-29;21-16-6-2-1-4-13(16)11-27-20-14(5-3-9-23-20)17(26-27)19-24-10-15(12-7-8-12)18(22)25-19/h4-6,8-13,16H,7,14-15,17H2,1-3H3,(H,24,28);1-12H,13H2,(H2,24,27,28);1-7H,8-12H2,(H4,23,24,26,27);1-6,9-10,12H,7-8,11H2,(H2,22,24,25). The van der Waals surface area contributed by atoms with Crippen molar-refractivity contribution in [1.29, 1.82) is 0 Å². The summed E-state index contributed by atoms with van der Waals surface area (Å²) in [5.74, 6) is 3.11. The van der Waals surface area contributed by atoms with Crippen molar-refractivity contribution in [3.63, 3.8) is 0 Å². The minimum absolute atomic E-state index is 0.219. The van der Waals surface area contributed by atoms with Crippen LogP contribution in [-0.4, -0.2) is 160 Å². The number of rotatable bonds is 22. The smallest absolute Gasteiger partial charge is 0.274 e. The molecule has 12 heterocycles. The summed E-state index contributed by atoms with van der Waals surface area (Å²) in [6, 6.07) is 53.4. The predicted molar refractivity (Wildman–Crippen MR) is 445 cm³/mol. The Kier molecular flexibility index (Phi) is 24.1. The molecule has 0 radical (unpaired) electrons. The maximum absolute atomic E-state index is 14.2. The van der Waals surface area contributed by atoms with E-state index >= 15 is 0 Å². The van der Waals surface area contributed by atoms with Crippen LogP contribution in [0.4, 0.5) is 47.8 Å². The number of aromatic nitrogens is 18. The lowest BCUT2D eigenvalue weighted by atomic mass is 10.1. The normalized spacial score (nSPS) is 12.5. The zero-order valence-electron chi connectivity index (χ0n) is 64.7. The van der Waals surface area contributed by atoms with Crippen molar-refractivity contribution in [2.75, 3.05) is 93.8 Å². The number of morpholine rings is 1. The molecule has 18 rings (SSSR count). The van der Waals surface area contributed by atoms with Crippen LogP contribution in [0.3, 0.4) is 0 Å². The molecule has 1 saturated heterocycles. The van der Waals surface area contributed by atoms with Crippen LogP contribution in [0.15, 0.2) is 225 Å². The van der Waals surface area contributed by atoms with Crippen molar-refractivity contribution < 1.29 is 32.2 Å². The van der Waals surface area contributed by atoms with E-state index in [0.717, 1.165) is 70.0 Å². The van der Waals surface area contributed by atoms with Gasteiger partial charge in [-0.2, -0.15) is 15.3 Å². The van der Waals surface area contributed by atoms with Crippen molar-refractivity contribution in [2.24, 2.45) is 0 Å². The van der Waals surface area contributed by atoms with Crippen LogP contribution in [0, 0.1) is 17.5 Å². The number of ether oxygens (including phenoxy) is 3. The minimum atomic E-state index is -0.303. The second kappa shape index (κ2) is 36.2. The Balaban J connectivity index is 0.000000123. The Morgan fingerprint density at radius 3 is 1.51 bits per heavy atom. The number of carbonyl (C=O) groups is 1. The molecule has 0 unspecified atom stereocenters. The lowest BCUT2D eigenvalue weighted by Gasteiger charge is -2.29. The molecule has 5 aromatic carbocycles. The van der Waals surface area contributed by atoms with Gasteiger partial charge in [0.25, 0.3) is 5.91 Å². The molecule has 0 spiro atoms. The molecule has 0 bridgehead atoms. The summed E-state index contributed by atoms with van der Waals surface area (Å²) < 4.78 is 65.4. The monoisotopic (exact) mass is 1590 g/mol. The molecule has 1 aliphatic carbocycles. The van der Waals surface area contributed by atoms with E-state index in [1.807, 2.05) is 91.8 Å². The summed E-state index contributed by atoms with van der Waals surface area (Å²) >= 11 is 0. The van der Waals surface area contributed by atoms with Crippen molar-refractivity contribution in [3.05, 3.63) is 276 Å². The number of nitrogen functional groups attached to an aromatic ring is 4. The zero-order valence-corrected chi connectivity index (χ0v) is 64.7. The lowest BCUT2D eigenvalue weighted by Crippen LogP contribution is -2.37. The van der Waals surface area contributed by atoms with Gasteiger partial charge < -0.3 is 52.3 Å². The van der Waals surface area contributed by atoms with Crippen LogP contribution in [0.1, 0.15) is 63.5 Å². The van der Waals surface area contributed by atoms with Gasteiger partial charge in [-0.05, 0) is 141 Å². The van der Waals surface area contributed by atoms with E-state index in [1.165, 1.54) is 18.2 Å². The van der Waals surface area contributed by atoms with E-state index in [9.17, 15) is 18.0 Å². The van der Waals surface area contributed by atoms with Gasteiger partial charge in [0.05, 0.1) is 69.3 Å². The van der Waals surface area contributed by atoms with E-state index < -0.39 is 0 Å². The molecule has 32 heteroatoms. The van der Waals surface area contributed by atoms with Gasteiger partial charge in [-0.25, -0.2) is 72.1 Å². The number of hydrogen-bond acceptors (Lipinski definition) is 24. The third-order valence-corrected chi connectivity index (χ3v) is 19.4. The van der Waals surface area contributed by atoms with Gasteiger partial charge in [0.1, 0.15) is 63.3 Å². The van der Waals surface area contributed by atoms with Gasteiger partial charge in [0.2, 0.25) is 5.88 Å². The largest absolute Gasteiger partial charge is 0.497 e. The number of nitrogens with two attached hydrogens (primary N) is 4. The average molecular weight is 1590 g/mol. The number of halogens is 3. The molecular weight excluding hydrogens is 1500 g/mol. The zero-order chi connectivity index (χ0) is 81.6. The van der Waals surface area contributed by atoms with E-state index in [0.29, 0.717) is 148 Å². The first-order chi connectivity index (χ1) is 57.6. The highest BCUT2D eigenvalue weighted by Crippen LogP contribution is 2.43. The second-order valence-corrected chi connectivity index (χ2v) is 27.9. The number of anilines is 6. The Labute approximate surface area is 675 Å². The highest BCUT2D eigenvalue weighted by molar-refractivity contribution is 6.03. The summed E-state index contributed by atoms with van der Waals surface area (Å²) in [6.07, 6.45) is 15.0. The summed E-state index contributed by atoms with van der Waals surface area (Å²) in [6.45, 7) is 5.21. The summed E-state index contributed by atoms with van der Waals surface area (Å²) in [5.41, 5.74) is 35.4.